The molecule has 2 aliphatic rings. The fourth-order valence-electron chi connectivity index (χ4n) is 2.35. The van der Waals surface area contributed by atoms with E-state index in [1.807, 2.05) is 0 Å². The molecule has 1 saturated carbocycles. The fourth-order valence-corrected chi connectivity index (χ4v) is 2.35. The number of hydrogen-bond acceptors (Lipinski definition) is 3. The first-order chi connectivity index (χ1) is 8.65. The van der Waals surface area contributed by atoms with Gasteiger partial charge in [-0.15, -0.1) is 0 Å². The number of nitrogens with one attached hydrogen (secondary N) is 1. The molecule has 1 heterocycles. The van der Waals surface area contributed by atoms with Gasteiger partial charge in [0.15, 0.2) is 0 Å². The first-order valence-corrected chi connectivity index (χ1v) is 6.57. The number of hydrogen-bond donors (Lipinski definition) is 1. The molecule has 0 aromatic carbocycles. The van der Waals surface area contributed by atoms with Crippen LogP contribution in [0.15, 0.2) is 10.9 Å². The molecule has 1 atom stereocenters. The molecule has 0 saturated heterocycles. The second-order valence-corrected chi connectivity index (χ2v) is 5.21. The minimum atomic E-state index is -0.524. The molecular formula is C13H17N3O2. The summed E-state index contributed by atoms with van der Waals surface area (Å²) in [6.07, 6.45) is 4.98. The minimum Gasteiger partial charge on any atom is -0.352 e. The molecule has 1 aromatic heterocycles. The van der Waals surface area contributed by atoms with Crippen LogP contribution in [0.3, 0.4) is 0 Å². The van der Waals surface area contributed by atoms with Crippen LogP contribution in [-0.2, 0) is 17.6 Å². The van der Waals surface area contributed by atoms with Crippen molar-refractivity contribution in [1.82, 2.24) is 15.1 Å². The number of carbonyl (C=O) groups is 1. The van der Waals surface area contributed by atoms with E-state index in [2.05, 4.69) is 10.4 Å². The monoisotopic (exact) mass is 247 g/mol. The largest absolute Gasteiger partial charge is 0.352 e. The van der Waals surface area contributed by atoms with Gasteiger partial charge in [-0.1, -0.05) is 0 Å². The topological polar surface area (TPSA) is 64.0 Å². The Morgan fingerprint density at radius 1 is 1.50 bits per heavy atom. The van der Waals surface area contributed by atoms with Crippen molar-refractivity contribution < 1.29 is 4.79 Å². The van der Waals surface area contributed by atoms with Gasteiger partial charge in [0.1, 0.15) is 6.04 Å². The molecule has 1 amide bonds. The standard InChI is InChI=1S/C13H17N3O2/c1-8(13(18)14-10-5-6-10)16-12(17)7-9-3-2-4-11(9)15-16/h7-8,10H,2-6H2,1H3,(H,14,18). The Hall–Kier alpha value is -1.65. The Morgan fingerprint density at radius 2 is 2.28 bits per heavy atom. The lowest BCUT2D eigenvalue weighted by Gasteiger charge is -2.14. The normalized spacial score (nSPS) is 19.4. The lowest BCUT2D eigenvalue weighted by molar-refractivity contribution is -0.124. The van der Waals surface area contributed by atoms with Crippen LogP contribution in [0.2, 0.25) is 0 Å². The maximum absolute atomic E-state index is 11.9. The van der Waals surface area contributed by atoms with Gasteiger partial charge in [-0.3, -0.25) is 9.59 Å². The van der Waals surface area contributed by atoms with Gasteiger partial charge in [0.25, 0.3) is 5.56 Å². The average Bonchev–Trinajstić information content (AvgIpc) is 3.04. The van der Waals surface area contributed by atoms with Gasteiger partial charge in [-0.25, -0.2) is 4.68 Å². The Morgan fingerprint density at radius 3 is 3.00 bits per heavy atom. The third-order valence-corrected chi connectivity index (χ3v) is 3.65. The van der Waals surface area contributed by atoms with Crippen LogP contribution in [0.25, 0.3) is 0 Å². The summed E-state index contributed by atoms with van der Waals surface area (Å²) in [7, 11) is 0. The van der Waals surface area contributed by atoms with E-state index in [1.165, 1.54) is 4.68 Å². The van der Waals surface area contributed by atoms with Crippen molar-refractivity contribution in [3.05, 3.63) is 27.7 Å². The lowest BCUT2D eigenvalue weighted by Crippen LogP contribution is -2.38. The van der Waals surface area contributed by atoms with Gasteiger partial charge >= 0.3 is 0 Å². The van der Waals surface area contributed by atoms with Crippen LogP contribution >= 0.6 is 0 Å². The van der Waals surface area contributed by atoms with E-state index in [1.54, 1.807) is 13.0 Å². The Labute approximate surface area is 105 Å². The fraction of sp³-hybridized carbons (Fsp3) is 0.615. The van der Waals surface area contributed by atoms with Gasteiger partial charge < -0.3 is 5.32 Å². The van der Waals surface area contributed by atoms with Gasteiger partial charge in [-0.2, -0.15) is 5.10 Å². The molecule has 0 spiro atoms. The average molecular weight is 247 g/mol. The SMILES string of the molecule is CC(C(=O)NC1CC1)n1nc2c(cc1=O)CCC2. The first-order valence-electron chi connectivity index (χ1n) is 6.57. The second kappa shape index (κ2) is 4.23. The van der Waals surface area contributed by atoms with Crippen molar-refractivity contribution >= 4 is 5.91 Å². The summed E-state index contributed by atoms with van der Waals surface area (Å²) in [6.45, 7) is 1.73. The van der Waals surface area contributed by atoms with E-state index in [-0.39, 0.29) is 11.5 Å². The molecular weight excluding hydrogens is 230 g/mol. The molecule has 2 aliphatic carbocycles. The van der Waals surface area contributed by atoms with E-state index in [9.17, 15) is 9.59 Å². The zero-order valence-corrected chi connectivity index (χ0v) is 10.5. The van der Waals surface area contributed by atoms with E-state index >= 15 is 0 Å². The van der Waals surface area contributed by atoms with E-state index in [0.717, 1.165) is 43.4 Å². The highest BCUT2D eigenvalue weighted by Gasteiger charge is 2.27. The Kier molecular flexibility index (Phi) is 2.69. The van der Waals surface area contributed by atoms with E-state index < -0.39 is 6.04 Å². The van der Waals surface area contributed by atoms with Crippen LogP contribution in [0, 0.1) is 0 Å². The minimum absolute atomic E-state index is 0.106. The number of amides is 1. The number of nitrogens with zero attached hydrogens (tertiary/aromatic N) is 2. The predicted molar refractivity (Wildman–Crippen MR) is 66.4 cm³/mol. The third kappa shape index (κ3) is 2.05. The van der Waals surface area contributed by atoms with Crippen molar-refractivity contribution in [3.63, 3.8) is 0 Å². The zero-order chi connectivity index (χ0) is 12.7. The molecule has 0 radical (unpaired) electrons. The number of carbonyl (C=O) groups excluding carboxylic acids is 1. The summed E-state index contributed by atoms with van der Waals surface area (Å²) in [5.41, 5.74) is 1.85. The molecule has 0 bridgehead atoms. The third-order valence-electron chi connectivity index (χ3n) is 3.65. The zero-order valence-electron chi connectivity index (χ0n) is 10.5. The summed E-state index contributed by atoms with van der Waals surface area (Å²) in [5, 5.41) is 7.25. The van der Waals surface area contributed by atoms with Gasteiger partial charge in [0.05, 0.1) is 5.69 Å². The van der Waals surface area contributed by atoms with Crippen LogP contribution in [0.5, 0.6) is 0 Å². The highest BCUT2D eigenvalue weighted by atomic mass is 16.2. The van der Waals surface area contributed by atoms with Gasteiger partial charge in [-0.05, 0) is 44.6 Å². The van der Waals surface area contributed by atoms with E-state index in [0.29, 0.717) is 6.04 Å². The van der Waals surface area contributed by atoms with Crippen LogP contribution in [0.4, 0.5) is 0 Å². The summed E-state index contributed by atoms with van der Waals surface area (Å²) in [6, 6.07) is 1.42. The number of rotatable bonds is 3. The molecule has 1 N–H and O–H groups in total. The van der Waals surface area contributed by atoms with Crippen molar-refractivity contribution in [2.45, 2.75) is 51.1 Å². The molecule has 5 heteroatoms. The summed E-state index contributed by atoms with van der Waals surface area (Å²) >= 11 is 0. The molecule has 96 valence electrons. The molecule has 0 aliphatic heterocycles. The van der Waals surface area contributed by atoms with Crippen molar-refractivity contribution in [1.29, 1.82) is 0 Å². The Bertz CT molecular complexity index is 546. The van der Waals surface area contributed by atoms with E-state index in [4.69, 9.17) is 0 Å². The summed E-state index contributed by atoms with van der Waals surface area (Å²) in [5.74, 6) is -0.106. The molecule has 1 unspecified atom stereocenters. The molecule has 5 nitrogen and oxygen atoms in total. The van der Waals surface area contributed by atoms with Crippen molar-refractivity contribution in [3.8, 4) is 0 Å². The van der Waals surface area contributed by atoms with Crippen molar-refractivity contribution in [2.75, 3.05) is 0 Å². The molecule has 3 rings (SSSR count). The maximum Gasteiger partial charge on any atom is 0.267 e. The quantitative estimate of drug-likeness (QED) is 0.849. The highest BCUT2D eigenvalue weighted by Crippen LogP contribution is 2.20. The number of fused-ring (bicyclic) bond motifs is 1. The van der Waals surface area contributed by atoms with Gasteiger partial charge in [0.2, 0.25) is 5.91 Å². The Balaban J connectivity index is 1.86. The lowest BCUT2D eigenvalue weighted by atomic mass is 10.2. The second-order valence-electron chi connectivity index (χ2n) is 5.21. The number of aryl methyl sites for hydroxylation is 2. The number of aromatic nitrogens is 2. The highest BCUT2D eigenvalue weighted by molar-refractivity contribution is 5.80. The molecule has 1 fully saturated rings. The van der Waals surface area contributed by atoms with Crippen LogP contribution < -0.4 is 10.9 Å². The maximum atomic E-state index is 11.9. The smallest absolute Gasteiger partial charge is 0.267 e. The summed E-state index contributed by atoms with van der Waals surface area (Å²) in [4.78, 5) is 23.9. The van der Waals surface area contributed by atoms with Crippen LogP contribution in [-0.4, -0.2) is 21.7 Å². The first kappa shape index (κ1) is 11.4. The summed E-state index contributed by atoms with van der Waals surface area (Å²) < 4.78 is 1.32. The molecule has 1 aromatic rings. The molecule has 18 heavy (non-hydrogen) atoms. The predicted octanol–water partition coefficient (Wildman–Crippen LogP) is 0.572. The van der Waals surface area contributed by atoms with Crippen LogP contribution in [0.1, 0.15) is 43.5 Å². The van der Waals surface area contributed by atoms with Crippen molar-refractivity contribution in [2.24, 2.45) is 0 Å². The van der Waals surface area contributed by atoms with Gasteiger partial charge in [0, 0.05) is 12.1 Å².